The predicted octanol–water partition coefficient (Wildman–Crippen LogP) is 4.41. The van der Waals surface area contributed by atoms with Crippen molar-refractivity contribution >= 4 is 22.9 Å². The van der Waals surface area contributed by atoms with E-state index >= 15 is 0 Å². The molecule has 2 nitrogen and oxygen atoms in total. The minimum Gasteiger partial charge on any atom is -0.310 e. The summed E-state index contributed by atoms with van der Waals surface area (Å²) in [4.78, 5) is 5.58. The van der Waals surface area contributed by atoms with Gasteiger partial charge in [-0.2, -0.15) is 0 Å². The molecule has 0 atom stereocenters. The number of aryl methyl sites for hydroxylation is 1. The summed E-state index contributed by atoms with van der Waals surface area (Å²) in [7, 11) is 0. The third-order valence-corrected chi connectivity index (χ3v) is 4.15. The van der Waals surface area contributed by atoms with Gasteiger partial charge in [-0.05, 0) is 25.1 Å². The molecule has 0 saturated heterocycles. The Balaban J connectivity index is 2.28. The summed E-state index contributed by atoms with van der Waals surface area (Å²) in [5.74, 6) is -0.329. The van der Waals surface area contributed by atoms with Gasteiger partial charge in [0, 0.05) is 28.0 Å². The standard InChI is InChI=1S/C14H16ClFN2S/c1-8(2)17-7-13-9(3)18-14(19-13)11-5-4-10(15)6-12(11)16/h4-6,8,17H,7H2,1-3H3. The molecule has 0 spiro atoms. The molecule has 1 aromatic carbocycles. The van der Waals surface area contributed by atoms with Crippen LogP contribution in [0.25, 0.3) is 10.6 Å². The lowest BCUT2D eigenvalue weighted by atomic mass is 10.2. The van der Waals surface area contributed by atoms with Gasteiger partial charge in [-0.15, -0.1) is 11.3 Å². The van der Waals surface area contributed by atoms with Gasteiger partial charge in [0.15, 0.2) is 0 Å². The van der Waals surface area contributed by atoms with E-state index in [1.807, 2.05) is 6.92 Å². The van der Waals surface area contributed by atoms with E-state index in [0.29, 0.717) is 21.6 Å². The first kappa shape index (κ1) is 14.4. The lowest BCUT2D eigenvalue weighted by molar-refractivity contribution is 0.591. The van der Waals surface area contributed by atoms with Crippen molar-refractivity contribution in [2.24, 2.45) is 0 Å². The Hall–Kier alpha value is -0.970. The first-order chi connectivity index (χ1) is 8.97. The SMILES string of the molecule is Cc1nc(-c2ccc(Cl)cc2F)sc1CNC(C)C. The lowest BCUT2D eigenvalue weighted by Gasteiger charge is -2.05. The maximum absolute atomic E-state index is 13.9. The van der Waals surface area contributed by atoms with Crippen LogP contribution < -0.4 is 5.32 Å². The van der Waals surface area contributed by atoms with E-state index in [1.165, 1.54) is 17.4 Å². The van der Waals surface area contributed by atoms with E-state index in [9.17, 15) is 4.39 Å². The largest absolute Gasteiger partial charge is 0.310 e. The molecule has 2 rings (SSSR count). The highest BCUT2D eigenvalue weighted by atomic mass is 35.5. The van der Waals surface area contributed by atoms with Crippen LogP contribution in [-0.2, 0) is 6.54 Å². The van der Waals surface area contributed by atoms with Gasteiger partial charge in [-0.25, -0.2) is 9.37 Å². The van der Waals surface area contributed by atoms with Crippen molar-refractivity contribution in [1.29, 1.82) is 0 Å². The van der Waals surface area contributed by atoms with Gasteiger partial charge in [0.2, 0.25) is 0 Å². The first-order valence-corrected chi connectivity index (χ1v) is 7.32. The van der Waals surface area contributed by atoms with Crippen molar-refractivity contribution in [3.05, 3.63) is 39.6 Å². The van der Waals surface area contributed by atoms with Gasteiger partial charge in [0.25, 0.3) is 0 Å². The number of halogens is 2. The molecular weight excluding hydrogens is 283 g/mol. The minimum atomic E-state index is -0.329. The highest BCUT2D eigenvalue weighted by molar-refractivity contribution is 7.15. The average molecular weight is 299 g/mol. The fourth-order valence-corrected chi connectivity index (χ4v) is 2.87. The molecule has 0 unspecified atom stereocenters. The summed E-state index contributed by atoms with van der Waals surface area (Å²) in [5, 5.41) is 4.45. The molecule has 0 aliphatic carbocycles. The van der Waals surface area contributed by atoms with Crippen LogP contribution in [0.1, 0.15) is 24.4 Å². The zero-order valence-corrected chi connectivity index (χ0v) is 12.7. The summed E-state index contributed by atoms with van der Waals surface area (Å²) in [6.07, 6.45) is 0. The van der Waals surface area contributed by atoms with E-state index in [2.05, 4.69) is 24.1 Å². The van der Waals surface area contributed by atoms with Gasteiger partial charge in [0.05, 0.1) is 5.69 Å². The summed E-state index contributed by atoms with van der Waals surface area (Å²) in [6.45, 7) is 6.90. The van der Waals surface area contributed by atoms with E-state index in [-0.39, 0.29) is 5.82 Å². The van der Waals surface area contributed by atoms with Crippen molar-refractivity contribution in [1.82, 2.24) is 10.3 Å². The van der Waals surface area contributed by atoms with Gasteiger partial charge in [-0.1, -0.05) is 25.4 Å². The maximum atomic E-state index is 13.9. The number of hydrogen-bond acceptors (Lipinski definition) is 3. The van der Waals surface area contributed by atoms with E-state index < -0.39 is 0 Å². The highest BCUT2D eigenvalue weighted by Crippen LogP contribution is 2.31. The van der Waals surface area contributed by atoms with E-state index in [1.54, 1.807) is 12.1 Å². The van der Waals surface area contributed by atoms with Crippen molar-refractivity contribution < 1.29 is 4.39 Å². The fourth-order valence-electron chi connectivity index (χ4n) is 1.67. The molecule has 0 bridgehead atoms. The number of rotatable bonds is 4. The Morgan fingerprint density at radius 3 is 2.79 bits per heavy atom. The monoisotopic (exact) mass is 298 g/mol. The van der Waals surface area contributed by atoms with Crippen LogP contribution in [0.5, 0.6) is 0 Å². The predicted molar refractivity (Wildman–Crippen MR) is 79.2 cm³/mol. The van der Waals surface area contributed by atoms with Crippen molar-refractivity contribution in [2.45, 2.75) is 33.4 Å². The topological polar surface area (TPSA) is 24.9 Å². The third-order valence-electron chi connectivity index (χ3n) is 2.73. The molecule has 2 aromatic rings. The normalized spacial score (nSPS) is 11.3. The molecule has 0 saturated carbocycles. The minimum absolute atomic E-state index is 0.329. The first-order valence-electron chi connectivity index (χ1n) is 6.12. The molecule has 0 aliphatic rings. The lowest BCUT2D eigenvalue weighted by Crippen LogP contribution is -2.21. The highest BCUT2D eigenvalue weighted by Gasteiger charge is 2.13. The quantitative estimate of drug-likeness (QED) is 0.904. The maximum Gasteiger partial charge on any atom is 0.134 e. The Kier molecular flexibility index (Phi) is 4.55. The Morgan fingerprint density at radius 2 is 2.16 bits per heavy atom. The number of nitrogens with one attached hydrogen (secondary N) is 1. The van der Waals surface area contributed by atoms with Gasteiger partial charge < -0.3 is 5.32 Å². The Labute approximate surface area is 121 Å². The number of nitrogens with zero attached hydrogens (tertiary/aromatic N) is 1. The van der Waals surface area contributed by atoms with Crippen molar-refractivity contribution in [2.75, 3.05) is 0 Å². The van der Waals surface area contributed by atoms with Crippen LogP contribution in [0, 0.1) is 12.7 Å². The Morgan fingerprint density at radius 1 is 1.42 bits per heavy atom. The molecule has 1 aromatic heterocycles. The number of hydrogen-bond donors (Lipinski definition) is 1. The van der Waals surface area contributed by atoms with E-state index in [0.717, 1.165) is 17.1 Å². The summed E-state index contributed by atoms with van der Waals surface area (Å²) in [6, 6.07) is 5.09. The molecule has 5 heteroatoms. The van der Waals surface area contributed by atoms with Crippen LogP contribution in [0.2, 0.25) is 5.02 Å². The van der Waals surface area contributed by atoms with Gasteiger partial charge >= 0.3 is 0 Å². The van der Waals surface area contributed by atoms with Crippen molar-refractivity contribution in [3.8, 4) is 10.6 Å². The summed E-state index contributed by atoms with van der Waals surface area (Å²) < 4.78 is 13.9. The third kappa shape index (κ3) is 3.53. The number of aromatic nitrogens is 1. The molecule has 0 fully saturated rings. The Bertz CT molecular complexity index is 581. The second-order valence-corrected chi connectivity index (χ2v) is 6.21. The molecule has 0 radical (unpaired) electrons. The summed E-state index contributed by atoms with van der Waals surface area (Å²) in [5.41, 5.74) is 1.45. The van der Waals surface area contributed by atoms with E-state index in [4.69, 9.17) is 11.6 Å². The second kappa shape index (κ2) is 5.99. The second-order valence-electron chi connectivity index (χ2n) is 4.69. The van der Waals surface area contributed by atoms with Crippen LogP contribution in [0.15, 0.2) is 18.2 Å². The molecular formula is C14H16ClFN2S. The van der Waals surface area contributed by atoms with Crippen LogP contribution >= 0.6 is 22.9 Å². The summed E-state index contributed by atoms with van der Waals surface area (Å²) >= 11 is 7.28. The zero-order valence-electron chi connectivity index (χ0n) is 11.1. The fraction of sp³-hybridized carbons (Fsp3) is 0.357. The van der Waals surface area contributed by atoms with Gasteiger partial charge in [-0.3, -0.25) is 0 Å². The molecule has 102 valence electrons. The van der Waals surface area contributed by atoms with Gasteiger partial charge in [0.1, 0.15) is 10.8 Å². The molecule has 1 N–H and O–H groups in total. The van der Waals surface area contributed by atoms with Crippen LogP contribution in [-0.4, -0.2) is 11.0 Å². The molecule has 0 aliphatic heterocycles. The average Bonchev–Trinajstić information content (AvgIpc) is 2.67. The smallest absolute Gasteiger partial charge is 0.134 e. The van der Waals surface area contributed by atoms with Crippen molar-refractivity contribution in [3.63, 3.8) is 0 Å². The molecule has 0 amide bonds. The number of thiazole rings is 1. The molecule has 19 heavy (non-hydrogen) atoms. The van der Waals surface area contributed by atoms with Crippen LogP contribution in [0.4, 0.5) is 4.39 Å². The molecule has 1 heterocycles. The van der Waals surface area contributed by atoms with Crippen LogP contribution in [0.3, 0.4) is 0 Å². The zero-order chi connectivity index (χ0) is 14.0. The number of benzene rings is 1.